The molecule has 0 fully saturated rings. The number of hydrogen-bond donors (Lipinski definition) is 1. The molecule has 4 rings (SSSR count). The molecule has 1 N–H and O–H groups in total. The highest BCUT2D eigenvalue weighted by Gasteiger charge is 2.35. The van der Waals surface area contributed by atoms with Gasteiger partial charge in [-0.2, -0.15) is 0 Å². The second-order valence-corrected chi connectivity index (χ2v) is 13.8. The Balaban J connectivity index is 1.84. The van der Waals surface area contributed by atoms with Crippen LogP contribution in [0.2, 0.25) is 10.0 Å². The molecule has 1 atom stereocenters. The van der Waals surface area contributed by atoms with Crippen LogP contribution in [0, 0.1) is 6.92 Å². The third-order valence-electron chi connectivity index (χ3n) is 7.71. The summed E-state index contributed by atoms with van der Waals surface area (Å²) in [7, 11) is -4.20. The van der Waals surface area contributed by atoms with Gasteiger partial charge in [0.2, 0.25) is 11.8 Å². The highest BCUT2D eigenvalue weighted by Crippen LogP contribution is 2.29. The van der Waals surface area contributed by atoms with Crippen molar-refractivity contribution in [3.8, 4) is 0 Å². The van der Waals surface area contributed by atoms with E-state index in [0.717, 1.165) is 21.0 Å². The summed E-state index contributed by atoms with van der Waals surface area (Å²) in [5.41, 5.74) is 3.49. The summed E-state index contributed by atoms with van der Waals surface area (Å²) in [4.78, 5) is 29.9. The Morgan fingerprint density at radius 3 is 2.17 bits per heavy atom. The van der Waals surface area contributed by atoms with Gasteiger partial charge < -0.3 is 10.2 Å². The molecule has 0 spiro atoms. The molecule has 0 unspecified atom stereocenters. The number of anilines is 1. The van der Waals surface area contributed by atoms with Crippen molar-refractivity contribution in [3.63, 3.8) is 0 Å². The molecular weight excluding hydrogens is 641 g/mol. The molecule has 0 radical (unpaired) electrons. The number of benzene rings is 4. The van der Waals surface area contributed by atoms with Crippen molar-refractivity contribution in [2.45, 2.75) is 57.5 Å². The molecular formula is C36H39Cl2N3O4S. The first-order chi connectivity index (χ1) is 22.0. The van der Waals surface area contributed by atoms with E-state index in [9.17, 15) is 18.0 Å². The lowest BCUT2D eigenvalue weighted by Crippen LogP contribution is -2.53. The van der Waals surface area contributed by atoms with Gasteiger partial charge in [0.25, 0.3) is 10.0 Å². The minimum atomic E-state index is -4.20. The molecule has 4 aromatic carbocycles. The van der Waals surface area contributed by atoms with Gasteiger partial charge in [0, 0.05) is 29.6 Å². The van der Waals surface area contributed by atoms with E-state index in [1.165, 1.54) is 4.90 Å². The zero-order valence-electron chi connectivity index (χ0n) is 26.2. The summed E-state index contributed by atoms with van der Waals surface area (Å²) < 4.78 is 29.7. The average molecular weight is 681 g/mol. The van der Waals surface area contributed by atoms with Crippen molar-refractivity contribution < 1.29 is 18.0 Å². The molecule has 0 bridgehead atoms. The van der Waals surface area contributed by atoms with Crippen LogP contribution in [0.5, 0.6) is 0 Å². The largest absolute Gasteiger partial charge is 0.354 e. The monoisotopic (exact) mass is 679 g/mol. The number of amides is 2. The van der Waals surface area contributed by atoms with E-state index in [2.05, 4.69) is 5.32 Å². The number of sulfonamides is 1. The Kier molecular flexibility index (Phi) is 12.3. The van der Waals surface area contributed by atoms with Crippen LogP contribution in [0.3, 0.4) is 0 Å². The van der Waals surface area contributed by atoms with Crippen LogP contribution >= 0.6 is 23.2 Å². The second kappa shape index (κ2) is 16.1. The number of carbonyl (C=O) groups is 2. The molecule has 0 aromatic heterocycles. The van der Waals surface area contributed by atoms with Crippen LogP contribution in [0.1, 0.15) is 42.5 Å². The molecule has 0 aliphatic heterocycles. The number of carbonyl (C=O) groups excluding carboxylic acids is 2. The highest BCUT2D eigenvalue weighted by atomic mass is 35.5. The van der Waals surface area contributed by atoms with Gasteiger partial charge in [-0.1, -0.05) is 109 Å². The number of hydrogen-bond acceptors (Lipinski definition) is 4. The third-order valence-corrected chi connectivity index (χ3v) is 10.1. The standard InChI is InChI=1S/C36H39Cl2N3O4S/c1-4-21-39-36(43)34(22-27-11-7-6-8-12-27)40(24-29-17-18-30(37)23-32(29)38)35(42)25-41(33-14-10-9-13-28(33)5-2)46(44,45)31-19-15-26(3)16-20-31/h6-20,23,34H,4-5,21-22,24-25H2,1-3H3,(H,39,43)/t34-/m1/s1. The predicted octanol–water partition coefficient (Wildman–Crippen LogP) is 7.23. The SMILES string of the molecule is CCCNC(=O)[C@@H](Cc1ccccc1)N(Cc1ccc(Cl)cc1Cl)C(=O)CN(c1ccccc1CC)S(=O)(=O)c1ccc(C)cc1. The van der Waals surface area contributed by atoms with Crippen molar-refractivity contribution in [3.05, 3.63) is 129 Å². The summed E-state index contributed by atoms with van der Waals surface area (Å²) in [6, 6.07) is 27.1. The predicted molar refractivity (Wildman–Crippen MR) is 186 cm³/mol. The Morgan fingerprint density at radius 1 is 0.848 bits per heavy atom. The van der Waals surface area contributed by atoms with E-state index >= 15 is 0 Å². The molecule has 46 heavy (non-hydrogen) atoms. The quantitative estimate of drug-likeness (QED) is 0.152. The smallest absolute Gasteiger partial charge is 0.264 e. The van der Waals surface area contributed by atoms with Crippen LogP contribution < -0.4 is 9.62 Å². The number of nitrogens with zero attached hydrogens (tertiary/aromatic N) is 2. The maximum absolute atomic E-state index is 14.6. The summed E-state index contributed by atoms with van der Waals surface area (Å²) in [6.07, 6.45) is 1.46. The Morgan fingerprint density at radius 2 is 1.52 bits per heavy atom. The fourth-order valence-corrected chi connectivity index (χ4v) is 7.08. The van der Waals surface area contributed by atoms with Crippen LogP contribution in [0.25, 0.3) is 0 Å². The molecule has 0 saturated heterocycles. The molecule has 0 aliphatic carbocycles. The van der Waals surface area contributed by atoms with E-state index < -0.39 is 28.5 Å². The summed E-state index contributed by atoms with van der Waals surface area (Å²) in [5.74, 6) is -0.897. The fourth-order valence-electron chi connectivity index (χ4n) is 5.16. The highest BCUT2D eigenvalue weighted by molar-refractivity contribution is 7.92. The van der Waals surface area contributed by atoms with Gasteiger partial charge in [0.1, 0.15) is 12.6 Å². The average Bonchev–Trinajstić information content (AvgIpc) is 3.05. The van der Waals surface area contributed by atoms with Crippen molar-refractivity contribution in [2.75, 3.05) is 17.4 Å². The van der Waals surface area contributed by atoms with E-state index in [4.69, 9.17) is 23.2 Å². The molecule has 0 heterocycles. The van der Waals surface area contributed by atoms with Crippen LogP contribution in [0.4, 0.5) is 5.69 Å². The van der Waals surface area contributed by atoms with Crippen LogP contribution in [0.15, 0.2) is 102 Å². The Hall–Kier alpha value is -3.85. The lowest BCUT2D eigenvalue weighted by molar-refractivity contribution is -0.140. The molecule has 7 nitrogen and oxygen atoms in total. The van der Waals surface area contributed by atoms with Gasteiger partial charge in [0.15, 0.2) is 0 Å². The second-order valence-electron chi connectivity index (χ2n) is 11.1. The van der Waals surface area contributed by atoms with Crippen LogP contribution in [-0.2, 0) is 39.0 Å². The third kappa shape index (κ3) is 8.69. The van der Waals surface area contributed by atoms with Gasteiger partial charge in [-0.15, -0.1) is 0 Å². The van der Waals surface area contributed by atoms with E-state index in [1.54, 1.807) is 54.6 Å². The molecule has 2 amide bonds. The molecule has 4 aromatic rings. The zero-order valence-corrected chi connectivity index (χ0v) is 28.6. The van der Waals surface area contributed by atoms with Gasteiger partial charge in [-0.25, -0.2) is 8.42 Å². The Labute approximate surface area is 282 Å². The minimum Gasteiger partial charge on any atom is -0.354 e. The fraction of sp³-hybridized carbons (Fsp3) is 0.278. The lowest BCUT2D eigenvalue weighted by Gasteiger charge is -2.34. The van der Waals surface area contributed by atoms with E-state index in [0.29, 0.717) is 40.7 Å². The zero-order chi connectivity index (χ0) is 33.3. The lowest BCUT2D eigenvalue weighted by atomic mass is 10.0. The maximum Gasteiger partial charge on any atom is 0.264 e. The summed E-state index contributed by atoms with van der Waals surface area (Å²) in [5, 5.41) is 3.71. The number of aryl methyl sites for hydroxylation is 2. The van der Waals surface area contributed by atoms with E-state index in [1.807, 2.05) is 63.2 Å². The molecule has 0 aliphatic rings. The number of halogens is 2. The van der Waals surface area contributed by atoms with Crippen molar-refractivity contribution >= 4 is 50.7 Å². The van der Waals surface area contributed by atoms with Gasteiger partial charge in [0.05, 0.1) is 10.6 Å². The minimum absolute atomic E-state index is 0.0419. The molecule has 242 valence electrons. The number of para-hydroxylation sites is 1. The first-order valence-electron chi connectivity index (χ1n) is 15.3. The van der Waals surface area contributed by atoms with Gasteiger partial charge in [-0.05, 0) is 66.8 Å². The summed E-state index contributed by atoms with van der Waals surface area (Å²) >= 11 is 12.8. The Bertz CT molecular complexity index is 1750. The van der Waals surface area contributed by atoms with Crippen molar-refractivity contribution in [1.29, 1.82) is 0 Å². The van der Waals surface area contributed by atoms with E-state index in [-0.39, 0.29) is 23.8 Å². The molecule has 0 saturated carbocycles. The van der Waals surface area contributed by atoms with Gasteiger partial charge >= 0.3 is 0 Å². The first kappa shape index (κ1) is 35.0. The van der Waals surface area contributed by atoms with Crippen molar-refractivity contribution in [1.82, 2.24) is 10.2 Å². The van der Waals surface area contributed by atoms with Gasteiger partial charge in [-0.3, -0.25) is 13.9 Å². The van der Waals surface area contributed by atoms with Crippen LogP contribution in [-0.4, -0.2) is 44.3 Å². The van der Waals surface area contributed by atoms with Crippen molar-refractivity contribution in [2.24, 2.45) is 0 Å². The topological polar surface area (TPSA) is 86.8 Å². The summed E-state index contributed by atoms with van der Waals surface area (Å²) in [6.45, 7) is 5.60. The number of nitrogens with one attached hydrogen (secondary N) is 1. The first-order valence-corrected chi connectivity index (χ1v) is 17.5. The number of rotatable bonds is 14. The maximum atomic E-state index is 14.6. The normalized spacial score (nSPS) is 11.9. The molecule has 10 heteroatoms.